The Balaban J connectivity index is 1.43. The third-order valence-corrected chi connectivity index (χ3v) is 6.73. The fourth-order valence-electron chi connectivity index (χ4n) is 4.79. The Bertz CT molecular complexity index is 600. The largest absolute Gasteiger partial charge is 0.466 e. The van der Waals surface area contributed by atoms with Crippen LogP contribution in [0.15, 0.2) is 0 Å². The van der Waals surface area contributed by atoms with Crippen molar-refractivity contribution in [1.82, 2.24) is 19.6 Å². The number of ether oxygens (including phenoxy) is 1. The highest BCUT2D eigenvalue weighted by atomic mass is 16.5. The summed E-state index contributed by atoms with van der Waals surface area (Å²) in [4.78, 5) is 45.9. The molecule has 0 saturated carbocycles. The first-order chi connectivity index (χ1) is 14.5. The number of hydrogen-bond donors (Lipinski definition) is 0. The molecule has 2 unspecified atom stereocenters. The van der Waals surface area contributed by atoms with Crippen LogP contribution in [0.1, 0.15) is 46.0 Å². The van der Waals surface area contributed by atoms with Gasteiger partial charge in [0.05, 0.1) is 25.1 Å². The van der Waals surface area contributed by atoms with Gasteiger partial charge in [-0.2, -0.15) is 0 Å². The number of piperazine rings is 1. The molecule has 8 heteroatoms. The molecule has 0 aliphatic carbocycles. The molecule has 0 bridgehead atoms. The summed E-state index contributed by atoms with van der Waals surface area (Å²) >= 11 is 0. The molecule has 3 aliphatic heterocycles. The van der Waals surface area contributed by atoms with Gasteiger partial charge in [0.15, 0.2) is 0 Å². The number of amides is 2. The van der Waals surface area contributed by atoms with Crippen molar-refractivity contribution in [3.63, 3.8) is 0 Å². The zero-order valence-corrected chi connectivity index (χ0v) is 18.7. The lowest BCUT2D eigenvalue weighted by molar-refractivity contribution is -0.152. The maximum atomic E-state index is 13.0. The van der Waals surface area contributed by atoms with Crippen molar-refractivity contribution in [3.05, 3.63) is 0 Å². The molecule has 0 aromatic rings. The van der Waals surface area contributed by atoms with Gasteiger partial charge in [0.2, 0.25) is 11.8 Å². The number of carbonyl (C=O) groups excluding carboxylic acids is 3. The van der Waals surface area contributed by atoms with Crippen molar-refractivity contribution in [2.75, 3.05) is 65.5 Å². The maximum absolute atomic E-state index is 13.0. The van der Waals surface area contributed by atoms with E-state index in [-0.39, 0.29) is 29.7 Å². The third kappa shape index (κ3) is 5.94. The molecule has 2 atom stereocenters. The molecule has 3 fully saturated rings. The molecule has 3 heterocycles. The molecule has 0 N–H and O–H groups in total. The highest BCUT2D eigenvalue weighted by Crippen LogP contribution is 2.20. The topological polar surface area (TPSA) is 73.4 Å². The third-order valence-electron chi connectivity index (χ3n) is 6.73. The molecule has 2 amide bonds. The van der Waals surface area contributed by atoms with Crippen LogP contribution in [0.4, 0.5) is 0 Å². The van der Waals surface area contributed by atoms with E-state index in [1.54, 1.807) is 0 Å². The highest BCUT2D eigenvalue weighted by Gasteiger charge is 2.34. The van der Waals surface area contributed by atoms with E-state index >= 15 is 0 Å². The Kier molecular flexibility index (Phi) is 8.50. The molecule has 3 saturated heterocycles. The lowest BCUT2D eigenvalue weighted by Crippen LogP contribution is -2.57. The molecular weight excluding hydrogens is 384 g/mol. The van der Waals surface area contributed by atoms with E-state index in [9.17, 15) is 14.4 Å². The zero-order valence-electron chi connectivity index (χ0n) is 18.7. The Morgan fingerprint density at radius 3 is 2.23 bits per heavy atom. The molecular formula is C22H38N4O4. The van der Waals surface area contributed by atoms with Crippen molar-refractivity contribution in [2.24, 2.45) is 5.92 Å². The molecule has 170 valence electrons. The van der Waals surface area contributed by atoms with Gasteiger partial charge in [-0.15, -0.1) is 0 Å². The summed E-state index contributed by atoms with van der Waals surface area (Å²) in [6, 6.07) is -0.203. The van der Waals surface area contributed by atoms with E-state index in [4.69, 9.17) is 4.74 Å². The van der Waals surface area contributed by atoms with Crippen LogP contribution in [0.2, 0.25) is 0 Å². The Morgan fingerprint density at radius 2 is 1.57 bits per heavy atom. The van der Waals surface area contributed by atoms with Crippen molar-refractivity contribution >= 4 is 17.8 Å². The number of piperidine rings is 2. The van der Waals surface area contributed by atoms with Crippen LogP contribution in [-0.4, -0.2) is 109 Å². The number of hydrogen-bond acceptors (Lipinski definition) is 6. The van der Waals surface area contributed by atoms with Gasteiger partial charge in [0.1, 0.15) is 0 Å². The Morgan fingerprint density at radius 1 is 0.900 bits per heavy atom. The summed E-state index contributed by atoms with van der Waals surface area (Å²) in [5.41, 5.74) is 0. The first-order valence-electron chi connectivity index (χ1n) is 11.7. The summed E-state index contributed by atoms with van der Waals surface area (Å²) in [6.45, 7) is 10.8. The summed E-state index contributed by atoms with van der Waals surface area (Å²) in [7, 11) is 0. The van der Waals surface area contributed by atoms with Gasteiger partial charge >= 0.3 is 5.97 Å². The first-order valence-corrected chi connectivity index (χ1v) is 11.7. The predicted octanol–water partition coefficient (Wildman–Crippen LogP) is 0.807. The quantitative estimate of drug-likeness (QED) is 0.590. The lowest BCUT2D eigenvalue weighted by Gasteiger charge is -2.40. The first kappa shape index (κ1) is 23.0. The van der Waals surface area contributed by atoms with Crippen LogP contribution in [0, 0.1) is 5.92 Å². The highest BCUT2D eigenvalue weighted by molar-refractivity contribution is 5.83. The van der Waals surface area contributed by atoms with E-state index < -0.39 is 0 Å². The molecule has 0 spiro atoms. The monoisotopic (exact) mass is 422 g/mol. The minimum absolute atomic E-state index is 0.0989. The minimum Gasteiger partial charge on any atom is -0.466 e. The van der Waals surface area contributed by atoms with Crippen LogP contribution in [0.3, 0.4) is 0 Å². The average molecular weight is 423 g/mol. The van der Waals surface area contributed by atoms with Crippen LogP contribution >= 0.6 is 0 Å². The van der Waals surface area contributed by atoms with Gasteiger partial charge in [-0.25, -0.2) is 0 Å². The fraction of sp³-hybridized carbons (Fsp3) is 0.864. The van der Waals surface area contributed by atoms with Gasteiger partial charge < -0.3 is 14.5 Å². The average Bonchev–Trinajstić information content (AvgIpc) is 2.79. The van der Waals surface area contributed by atoms with Crippen molar-refractivity contribution in [2.45, 2.75) is 52.0 Å². The number of likely N-dealkylation sites (tertiary alicyclic amines) is 2. The summed E-state index contributed by atoms with van der Waals surface area (Å²) < 4.78 is 5.15. The van der Waals surface area contributed by atoms with E-state index in [0.717, 1.165) is 65.0 Å². The summed E-state index contributed by atoms with van der Waals surface area (Å²) in [6.07, 6.45) is 5.10. The SMILES string of the molecule is CCOC(=O)C1CCCN(C(=O)C(C)N2CCN(CC(=O)N3CCCCC3)CC2)C1. The van der Waals surface area contributed by atoms with Crippen molar-refractivity contribution in [1.29, 1.82) is 0 Å². The van der Waals surface area contributed by atoms with Gasteiger partial charge in [-0.3, -0.25) is 24.2 Å². The smallest absolute Gasteiger partial charge is 0.310 e. The second-order valence-electron chi connectivity index (χ2n) is 8.80. The van der Waals surface area contributed by atoms with E-state index in [1.807, 2.05) is 23.6 Å². The van der Waals surface area contributed by atoms with E-state index in [0.29, 0.717) is 26.2 Å². The van der Waals surface area contributed by atoms with E-state index in [1.165, 1.54) is 6.42 Å². The summed E-state index contributed by atoms with van der Waals surface area (Å²) in [5, 5.41) is 0. The fourth-order valence-corrected chi connectivity index (χ4v) is 4.79. The molecule has 0 radical (unpaired) electrons. The van der Waals surface area contributed by atoms with E-state index in [2.05, 4.69) is 9.80 Å². The van der Waals surface area contributed by atoms with Crippen molar-refractivity contribution < 1.29 is 19.1 Å². The number of rotatable bonds is 6. The van der Waals surface area contributed by atoms with Gasteiger partial charge in [0.25, 0.3) is 0 Å². The molecule has 3 rings (SSSR count). The molecule has 8 nitrogen and oxygen atoms in total. The molecule has 3 aliphatic rings. The summed E-state index contributed by atoms with van der Waals surface area (Å²) in [5.74, 6) is -0.0467. The normalized spacial score (nSPS) is 25.1. The van der Waals surface area contributed by atoms with Crippen LogP contribution in [0.25, 0.3) is 0 Å². The predicted molar refractivity (Wildman–Crippen MR) is 114 cm³/mol. The lowest BCUT2D eigenvalue weighted by atomic mass is 9.97. The van der Waals surface area contributed by atoms with Gasteiger partial charge in [-0.1, -0.05) is 0 Å². The molecule has 0 aromatic carbocycles. The number of nitrogens with zero attached hydrogens (tertiary/aromatic N) is 4. The van der Waals surface area contributed by atoms with Gasteiger partial charge in [0, 0.05) is 52.4 Å². The molecule has 30 heavy (non-hydrogen) atoms. The van der Waals surface area contributed by atoms with Gasteiger partial charge in [-0.05, 0) is 46.0 Å². The second kappa shape index (κ2) is 11.1. The standard InChI is InChI=1S/C22H38N4O4/c1-3-30-22(29)19-8-7-11-26(16-19)21(28)18(2)24-14-12-23(13-15-24)17-20(27)25-9-5-4-6-10-25/h18-19H,3-17H2,1-2H3. The van der Waals surface area contributed by atoms with Crippen LogP contribution in [0.5, 0.6) is 0 Å². The zero-order chi connectivity index (χ0) is 21.5. The Labute approximate surface area is 180 Å². The van der Waals surface area contributed by atoms with Crippen LogP contribution in [-0.2, 0) is 19.1 Å². The number of carbonyl (C=O) groups is 3. The second-order valence-corrected chi connectivity index (χ2v) is 8.80. The number of esters is 1. The van der Waals surface area contributed by atoms with Crippen molar-refractivity contribution in [3.8, 4) is 0 Å². The van der Waals surface area contributed by atoms with Crippen LogP contribution < -0.4 is 0 Å². The Hall–Kier alpha value is -1.67. The molecule has 0 aromatic heterocycles. The maximum Gasteiger partial charge on any atom is 0.310 e. The minimum atomic E-state index is -0.203.